The monoisotopic (exact) mass is 263 g/mol. The maximum Gasteiger partial charge on any atom is 0.0837 e. The summed E-state index contributed by atoms with van der Waals surface area (Å²) in [5, 5.41) is 11.6. The van der Waals surface area contributed by atoms with Crippen LogP contribution >= 0.6 is 0 Å². The number of aryl methyl sites for hydroxylation is 1. The number of aliphatic hydroxyl groups excluding tert-OH is 1. The highest BCUT2D eigenvalue weighted by Crippen LogP contribution is 2.25. The Hall–Kier alpha value is -2.19. The van der Waals surface area contributed by atoms with E-state index in [9.17, 15) is 5.11 Å². The lowest BCUT2D eigenvalue weighted by atomic mass is 9.98. The van der Waals surface area contributed by atoms with Gasteiger partial charge in [0.25, 0.3) is 0 Å². The van der Waals surface area contributed by atoms with Crippen molar-refractivity contribution in [2.45, 2.75) is 19.4 Å². The Labute approximate surface area is 118 Å². The van der Waals surface area contributed by atoms with Gasteiger partial charge in [-0.05, 0) is 30.2 Å². The minimum absolute atomic E-state index is 0.510. The SMILES string of the molecule is Cc1cccc(CC(O)c2ccnc3ccccc23)c1. The fourth-order valence-electron chi connectivity index (χ4n) is 2.58. The summed E-state index contributed by atoms with van der Waals surface area (Å²) in [5.41, 5.74) is 4.23. The van der Waals surface area contributed by atoms with Crippen molar-refractivity contribution in [2.75, 3.05) is 0 Å². The van der Waals surface area contributed by atoms with Gasteiger partial charge in [0, 0.05) is 18.0 Å². The summed E-state index contributed by atoms with van der Waals surface area (Å²) < 4.78 is 0. The maximum absolute atomic E-state index is 10.5. The van der Waals surface area contributed by atoms with Crippen LogP contribution in [0.2, 0.25) is 0 Å². The molecule has 0 aliphatic rings. The lowest BCUT2D eigenvalue weighted by Gasteiger charge is -2.14. The lowest BCUT2D eigenvalue weighted by Crippen LogP contribution is -2.03. The molecule has 0 aliphatic carbocycles. The molecule has 20 heavy (non-hydrogen) atoms. The van der Waals surface area contributed by atoms with E-state index in [1.165, 1.54) is 5.56 Å². The number of rotatable bonds is 3. The van der Waals surface area contributed by atoms with Crippen molar-refractivity contribution in [1.82, 2.24) is 4.98 Å². The summed E-state index contributed by atoms with van der Waals surface area (Å²) in [4.78, 5) is 4.33. The average molecular weight is 263 g/mol. The molecule has 0 aliphatic heterocycles. The number of para-hydroxylation sites is 1. The second kappa shape index (κ2) is 5.43. The number of benzene rings is 2. The Bertz CT molecular complexity index is 731. The highest BCUT2D eigenvalue weighted by Gasteiger charge is 2.12. The Balaban J connectivity index is 1.94. The standard InChI is InChI=1S/C18H17NO/c1-13-5-4-6-14(11-13)12-18(20)16-9-10-19-17-8-3-2-7-15(16)17/h2-11,18,20H,12H2,1H3. The van der Waals surface area contributed by atoms with Crippen LogP contribution in [-0.2, 0) is 6.42 Å². The molecule has 0 saturated heterocycles. The molecule has 3 aromatic rings. The molecule has 1 N–H and O–H groups in total. The molecule has 1 aromatic heterocycles. The number of aromatic nitrogens is 1. The van der Waals surface area contributed by atoms with Gasteiger partial charge < -0.3 is 5.11 Å². The van der Waals surface area contributed by atoms with Crippen LogP contribution in [0.15, 0.2) is 60.8 Å². The van der Waals surface area contributed by atoms with E-state index in [0.29, 0.717) is 6.42 Å². The Morgan fingerprint density at radius 3 is 2.75 bits per heavy atom. The van der Waals surface area contributed by atoms with Crippen LogP contribution in [0.3, 0.4) is 0 Å². The van der Waals surface area contributed by atoms with Gasteiger partial charge in [-0.2, -0.15) is 0 Å². The largest absolute Gasteiger partial charge is 0.388 e. The molecule has 0 amide bonds. The van der Waals surface area contributed by atoms with Gasteiger partial charge >= 0.3 is 0 Å². The Kier molecular flexibility index (Phi) is 3.48. The minimum atomic E-state index is -0.510. The van der Waals surface area contributed by atoms with Gasteiger partial charge in [0.05, 0.1) is 11.6 Å². The number of hydrogen-bond acceptors (Lipinski definition) is 2. The summed E-state index contributed by atoms with van der Waals surface area (Å²) >= 11 is 0. The summed E-state index contributed by atoms with van der Waals surface area (Å²) in [5.74, 6) is 0. The second-order valence-corrected chi connectivity index (χ2v) is 5.13. The molecular weight excluding hydrogens is 246 g/mol. The molecule has 2 heteroatoms. The highest BCUT2D eigenvalue weighted by atomic mass is 16.3. The van der Waals surface area contributed by atoms with Crippen molar-refractivity contribution in [2.24, 2.45) is 0 Å². The van der Waals surface area contributed by atoms with Crippen molar-refractivity contribution >= 4 is 10.9 Å². The highest BCUT2D eigenvalue weighted by molar-refractivity contribution is 5.82. The van der Waals surface area contributed by atoms with Crippen LogP contribution in [0.1, 0.15) is 22.8 Å². The minimum Gasteiger partial charge on any atom is -0.388 e. The van der Waals surface area contributed by atoms with Crippen LogP contribution in [0, 0.1) is 6.92 Å². The lowest BCUT2D eigenvalue weighted by molar-refractivity contribution is 0.180. The summed E-state index contributed by atoms with van der Waals surface area (Å²) in [6, 6.07) is 18.1. The summed E-state index contributed by atoms with van der Waals surface area (Å²) in [6.07, 6.45) is 1.87. The van der Waals surface area contributed by atoms with Crippen LogP contribution < -0.4 is 0 Å². The molecule has 0 fully saturated rings. The number of hydrogen-bond donors (Lipinski definition) is 1. The van der Waals surface area contributed by atoms with E-state index < -0.39 is 6.10 Å². The second-order valence-electron chi connectivity index (χ2n) is 5.13. The quantitative estimate of drug-likeness (QED) is 0.779. The van der Waals surface area contributed by atoms with Gasteiger partial charge in [-0.1, -0.05) is 48.0 Å². The zero-order valence-electron chi connectivity index (χ0n) is 11.5. The van der Waals surface area contributed by atoms with Crippen LogP contribution in [0.4, 0.5) is 0 Å². The molecule has 0 spiro atoms. The normalized spacial score (nSPS) is 12.5. The zero-order chi connectivity index (χ0) is 13.9. The van der Waals surface area contributed by atoms with Gasteiger partial charge in [0.15, 0.2) is 0 Å². The topological polar surface area (TPSA) is 33.1 Å². The Morgan fingerprint density at radius 2 is 1.90 bits per heavy atom. The van der Waals surface area contributed by atoms with Crippen molar-refractivity contribution < 1.29 is 5.11 Å². The zero-order valence-corrected chi connectivity index (χ0v) is 11.5. The van der Waals surface area contributed by atoms with E-state index in [1.807, 2.05) is 36.4 Å². The molecule has 100 valence electrons. The van der Waals surface area contributed by atoms with Gasteiger partial charge in [-0.15, -0.1) is 0 Å². The van der Waals surface area contributed by atoms with Crippen LogP contribution in [-0.4, -0.2) is 10.1 Å². The first kappa shape index (κ1) is 12.8. The summed E-state index contributed by atoms with van der Waals surface area (Å²) in [6.45, 7) is 2.07. The van der Waals surface area contributed by atoms with Crippen molar-refractivity contribution in [3.8, 4) is 0 Å². The van der Waals surface area contributed by atoms with Crippen LogP contribution in [0.25, 0.3) is 10.9 Å². The predicted molar refractivity (Wildman–Crippen MR) is 81.6 cm³/mol. The van der Waals surface area contributed by atoms with E-state index in [2.05, 4.69) is 30.1 Å². The third-order valence-electron chi connectivity index (χ3n) is 3.55. The van der Waals surface area contributed by atoms with Crippen molar-refractivity contribution in [3.63, 3.8) is 0 Å². The van der Waals surface area contributed by atoms with Gasteiger partial charge in [-0.25, -0.2) is 0 Å². The number of nitrogens with zero attached hydrogens (tertiary/aromatic N) is 1. The molecule has 3 rings (SSSR count). The molecule has 1 atom stereocenters. The third-order valence-corrected chi connectivity index (χ3v) is 3.55. The van der Waals surface area contributed by atoms with E-state index in [-0.39, 0.29) is 0 Å². The molecule has 2 aromatic carbocycles. The van der Waals surface area contributed by atoms with Crippen LogP contribution in [0.5, 0.6) is 0 Å². The van der Waals surface area contributed by atoms with E-state index >= 15 is 0 Å². The molecule has 0 saturated carbocycles. The maximum atomic E-state index is 10.5. The number of aliphatic hydroxyl groups is 1. The molecular formula is C18H17NO. The predicted octanol–water partition coefficient (Wildman–Crippen LogP) is 3.82. The first-order valence-electron chi connectivity index (χ1n) is 6.81. The Morgan fingerprint density at radius 1 is 1.05 bits per heavy atom. The van der Waals surface area contributed by atoms with Crippen molar-refractivity contribution in [3.05, 3.63) is 77.5 Å². The number of pyridine rings is 1. The van der Waals surface area contributed by atoms with Gasteiger partial charge in [0.2, 0.25) is 0 Å². The van der Waals surface area contributed by atoms with E-state index in [4.69, 9.17) is 0 Å². The van der Waals surface area contributed by atoms with Gasteiger partial charge in [0.1, 0.15) is 0 Å². The third kappa shape index (κ3) is 2.56. The fourth-order valence-corrected chi connectivity index (χ4v) is 2.58. The van der Waals surface area contributed by atoms with E-state index in [1.54, 1.807) is 6.20 Å². The first-order valence-corrected chi connectivity index (χ1v) is 6.81. The molecule has 1 unspecified atom stereocenters. The van der Waals surface area contributed by atoms with Crippen molar-refractivity contribution in [1.29, 1.82) is 0 Å². The van der Waals surface area contributed by atoms with E-state index in [0.717, 1.165) is 22.0 Å². The van der Waals surface area contributed by atoms with Gasteiger partial charge in [-0.3, -0.25) is 4.98 Å². The fraction of sp³-hybridized carbons (Fsp3) is 0.167. The average Bonchev–Trinajstić information content (AvgIpc) is 2.46. The first-order chi connectivity index (χ1) is 9.74. The number of fused-ring (bicyclic) bond motifs is 1. The molecule has 0 radical (unpaired) electrons. The smallest absolute Gasteiger partial charge is 0.0837 e. The summed E-state index contributed by atoms with van der Waals surface area (Å²) in [7, 11) is 0. The molecule has 2 nitrogen and oxygen atoms in total. The molecule has 1 heterocycles. The molecule has 0 bridgehead atoms.